The Morgan fingerprint density at radius 2 is 2.41 bits per heavy atom. The van der Waals surface area contributed by atoms with Crippen molar-refractivity contribution in [2.24, 2.45) is 0 Å². The molecular formula is C13H18N2OS. The molecule has 0 saturated carbocycles. The highest BCUT2D eigenvalue weighted by atomic mass is 32.1. The van der Waals surface area contributed by atoms with E-state index in [2.05, 4.69) is 16.7 Å². The minimum Gasteiger partial charge on any atom is -0.351 e. The standard InChI is InChI=1S/C13H18N2OS/c1-10-2-3-12(17-10)13(16)15-9-6-11-4-7-14-8-5-11/h2-4,14H,5-9H2,1H3,(H,15,16). The summed E-state index contributed by atoms with van der Waals surface area (Å²) in [6.45, 7) is 4.78. The molecule has 0 fully saturated rings. The molecule has 0 saturated heterocycles. The van der Waals surface area contributed by atoms with Crippen LogP contribution in [0.2, 0.25) is 0 Å². The Kier molecular flexibility index (Phi) is 4.34. The Bertz CT molecular complexity index is 423. The van der Waals surface area contributed by atoms with Gasteiger partial charge < -0.3 is 10.6 Å². The van der Waals surface area contributed by atoms with Crippen molar-refractivity contribution in [1.82, 2.24) is 10.6 Å². The highest BCUT2D eigenvalue weighted by Gasteiger charge is 2.08. The molecule has 0 bridgehead atoms. The van der Waals surface area contributed by atoms with Crippen LogP contribution in [0.3, 0.4) is 0 Å². The molecule has 0 aromatic carbocycles. The topological polar surface area (TPSA) is 41.1 Å². The fraction of sp³-hybridized carbons (Fsp3) is 0.462. The third-order valence-electron chi connectivity index (χ3n) is 2.85. The van der Waals surface area contributed by atoms with Gasteiger partial charge in [0, 0.05) is 18.0 Å². The Balaban J connectivity index is 1.75. The molecular weight excluding hydrogens is 232 g/mol. The summed E-state index contributed by atoms with van der Waals surface area (Å²) in [6.07, 6.45) is 4.30. The van der Waals surface area contributed by atoms with E-state index in [1.807, 2.05) is 19.1 Å². The van der Waals surface area contributed by atoms with E-state index in [1.54, 1.807) is 11.3 Å². The van der Waals surface area contributed by atoms with Gasteiger partial charge in [0.25, 0.3) is 5.91 Å². The van der Waals surface area contributed by atoms with Crippen molar-refractivity contribution in [3.63, 3.8) is 0 Å². The summed E-state index contributed by atoms with van der Waals surface area (Å²) in [5, 5.41) is 6.25. The molecule has 0 aliphatic carbocycles. The molecule has 3 nitrogen and oxygen atoms in total. The van der Waals surface area contributed by atoms with Crippen LogP contribution in [0.25, 0.3) is 0 Å². The highest BCUT2D eigenvalue weighted by Crippen LogP contribution is 2.15. The number of carbonyl (C=O) groups is 1. The van der Waals surface area contributed by atoms with Crippen molar-refractivity contribution in [1.29, 1.82) is 0 Å². The van der Waals surface area contributed by atoms with Crippen LogP contribution in [-0.4, -0.2) is 25.5 Å². The Labute approximate surface area is 106 Å². The van der Waals surface area contributed by atoms with Crippen LogP contribution in [0.5, 0.6) is 0 Å². The van der Waals surface area contributed by atoms with Crippen molar-refractivity contribution in [2.45, 2.75) is 19.8 Å². The van der Waals surface area contributed by atoms with Crippen LogP contribution in [-0.2, 0) is 0 Å². The maximum absolute atomic E-state index is 11.8. The van der Waals surface area contributed by atoms with E-state index in [4.69, 9.17) is 0 Å². The first-order valence-corrected chi connectivity index (χ1v) is 6.80. The van der Waals surface area contributed by atoms with Gasteiger partial charge in [-0.1, -0.05) is 11.6 Å². The molecule has 17 heavy (non-hydrogen) atoms. The Morgan fingerprint density at radius 1 is 1.53 bits per heavy atom. The van der Waals surface area contributed by atoms with E-state index in [-0.39, 0.29) is 5.91 Å². The van der Waals surface area contributed by atoms with E-state index >= 15 is 0 Å². The van der Waals surface area contributed by atoms with Gasteiger partial charge in [0.1, 0.15) is 0 Å². The fourth-order valence-electron chi connectivity index (χ4n) is 1.88. The average Bonchev–Trinajstić information content (AvgIpc) is 2.77. The fourth-order valence-corrected chi connectivity index (χ4v) is 2.66. The lowest BCUT2D eigenvalue weighted by molar-refractivity contribution is 0.0958. The molecule has 1 aliphatic heterocycles. The lowest BCUT2D eigenvalue weighted by Crippen LogP contribution is -2.26. The molecule has 0 unspecified atom stereocenters. The summed E-state index contributed by atoms with van der Waals surface area (Å²) in [5.41, 5.74) is 1.45. The average molecular weight is 250 g/mol. The van der Waals surface area contributed by atoms with Gasteiger partial charge in [-0.05, 0) is 38.4 Å². The first-order valence-electron chi connectivity index (χ1n) is 5.99. The number of amides is 1. The van der Waals surface area contributed by atoms with Crippen LogP contribution in [0.15, 0.2) is 23.8 Å². The van der Waals surface area contributed by atoms with E-state index in [1.165, 1.54) is 10.5 Å². The van der Waals surface area contributed by atoms with E-state index in [0.717, 1.165) is 37.4 Å². The van der Waals surface area contributed by atoms with E-state index in [9.17, 15) is 4.79 Å². The summed E-state index contributed by atoms with van der Waals surface area (Å²) in [7, 11) is 0. The molecule has 0 radical (unpaired) electrons. The van der Waals surface area contributed by atoms with E-state index < -0.39 is 0 Å². The van der Waals surface area contributed by atoms with E-state index in [0.29, 0.717) is 0 Å². The number of thiophene rings is 1. The molecule has 4 heteroatoms. The third kappa shape index (κ3) is 3.68. The van der Waals surface area contributed by atoms with Crippen LogP contribution < -0.4 is 10.6 Å². The first kappa shape index (κ1) is 12.3. The second-order valence-electron chi connectivity index (χ2n) is 4.23. The number of hydrogen-bond donors (Lipinski definition) is 2. The molecule has 0 spiro atoms. The van der Waals surface area contributed by atoms with Crippen LogP contribution in [0.4, 0.5) is 0 Å². The van der Waals surface area contributed by atoms with Gasteiger partial charge in [-0.25, -0.2) is 0 Å². The van der Waals surface area contributed by atoms with Crippen molar-refractivity contribution in [3.05, 3.63) is 33.5 Å². The monoisotopic (exact) mass is 250 g/mol. The predicted molar refractivity (Wildman–Crippen MR) is 71.6 cm³/mol. The van der Waals surface area contributed by atoms with Gasteiger partial charge in [0.15, 0.2) is 0 Å². The maximum atomic E-state index is 11.8. The summed E-state index contributed by atoms with van der Waals surface area (Å²) in [4.78, 5) is 13.8. The minimum atomic E-state index is 0.0534. The molecule has 2 N–H and O–H groups in total. The van der Waals surface area contributed by atoms with Crippen molar-refractivity contribution >= 4 is 17.2 Å². The number of nitrogens with one attached hydrogen (secondary N) is 2. The second kappa shape index (κ2) is 5.98. The number of rotatable bonds is 4. The summed E-state index contributed by atoms with van der Waals surface area (Å²) < 4.78 is 0. The van der Waals surface area contributed by atoms with Gasteiger partial charge in [-0.3, -0.25) is 4.79 Å². The number of hydrogen-bond acceptors (Lipinski definition) is 3. The van der Waals surface area contributed by atoms with Crippen molar-refractivity contribution in [3.8, 4) is 0 Å². The quantitative estimate of drug-likeness (QED) is 0.803. The van der Waals surface area contributed by atoms with Gasteiger partial charge in [0.05, 0.1) is 4.88 Å². The zero-order valence-corrected chi connectivity index (χ0v) is 10.9. The van der Waals surface area contributed by atoms with Gasteiger partial charge in [-0.2, -0.15) is 0 Å². The summed E-state index contributed by atoms with van der Waals surface area (Å²) >= 11 is 1.55. The molecule has 1 aromatic heterocycles. The number of carbonyl (C=O) groups excluding carboxylic acids is 1. The number of aryl methyl sites for hydroxylation is 1. The second-order valence-corrected chi connectivity index (χ2v) is 5.52. The molecule has 1 aromatic rings. The largest absolute Gasteiger partial charge is 0.351 e. The minimum absolute atomic E-state index is 0.0534. The predicted octanol–water partition coefficient (Wildman–Crippen LogP) is 2.10. The van der Waals surface area contributed by atoms with Crippen LogP contribution in [0, 0.1) is 6.92 Å². The summed E-state index contributed by atoms with van der Waals surface area (Å²) in [6, 6.07) is 3.87. The third-order valence-corrected chi connectivity index (χ3v) is 3.85. The molecule has 2 rings (SSSR count). The molecule has 1 amide bonds. The molecule has 0 atom stereocenters. The maximum Gasteiger partial charge on any atom is 0.261 e. The molecule has 1 aliphatic rings. The first-order chi connectivity index (χ1) is 8.25. The van der Waals surface area contributed by atoms with Gasteiger partial charge >= 0.3 is 0 Å². The summed E-state index contributed by atoms with van der Waals surface area (Å²) in [5.74, 6) is 0.0534. The molecule has 2 heterocycles. The van der Waals surface area contributed by atoms with Crippen LogP contribution >= 0.6 is 11.3 Å². The SMILES string of the molecule is Cc1ccc(C(=O)NCCC2=CCNCC2)s1. The molecule has 92 valence electrons. The van der Waals surface area contributed by atoms with Crippen molar-refractivity contribution < 1.29 is 4.79 Å². The zero-order valence-electron chi connectivity index (χ0n) is 10.1. The lowest BCUT2D eigenvalue weighted by atomic mass is 10.1. The Morgan fingerprint density at radius 3 is 3.06 bits per heavy atom. The zero-order chi connectivity index (χ0) is 12.1. The van der Waals surface area contributed by atoms with Gasteiger partial charge in [-0.15, -0.1) is 11.3 Å². The highest BCUT2D eigenvalue weighted by molar-refractivity contribution is 7.13. The normalized spacial score (nSPS) is 15.5. The Hall–Kier alpha value is -1.13. The van der Waals surface area contributed by atoms with Crippen LogP contribution in [0.1, 0.15) is 27.4 Å². The lowest BCUT2D eigenvalue weighted by Gasteiger charge is -2.13. The van der Waals surface area contributed by atoms with Crippen molar-refractivity contribution in [2.75, 3.05) is 19.6 Å². The van der Waals surface area contributed by atoms with Gasteiger partial charge in [0.2, 0.25) is 0 Å². The smallest absolute Gasteiger partial charge is 0.261 e.